The highest BCUT2D eigenvalue weighted by atomic mass is 19.4. The highest BCUT2D eigenvalue weighted by molar-refractivity contribution is 5.82. The zero-order valence-electron chi connectivity index (χ0n) is 20.6. The maximum atomic E-state index is 13.0. The zero-order chi connectivity index (χ0) is 26.8. The van der Waals surface area contributed by atoms with Crippen molar-refractivity contribution >= 4 is 5.91 Å². The summed E-state index contributed by atoms with van der Waals surface area (Å²) in [4.78, 5) is 17.5. The van der Waals surface area contributed by atoms with Crippen LogP contribution in [0.5, 0.6) is 0 Å². The summed E-state index contributed by atoms with van der Waals surface area (Å²) in [5.74, 6) is -0.149. The minimum absolute atomic E-state index is 0.0591. The van der Waals surface area contributed by atoms with Crippen LogP contribution in [0.4, 0.5) is 26.3 Å². The van der Waals surface area contributed by atoms with Gasteiger partial charge in [-0.05, 0) is 44.4 Å². The molecule has 5 fully saturated rings. The first-order valence-electron chi connectivity index (χ1n) is 12.6. The second-order valence-corrected chi connectivity index (χ2v) is 11.6. The first kappa shape index (κ1) is 26.7. The van der Waals surface area contributed by atoms with E-state index in [1.807, 2.05) is 24.6 Å². The molecule has 2 bridgehead atoms. The van der Waals surface area contributed by atoms with Crippen molar-refractivity contribution < 1.29 is 45.3 Å². The standard InChI is InChI=1S/C24H31F6N3O4/c1-13(2)3-19(35-15-6-17(7-15)37-24(28,29)30)20(34)32-21-9-22(10-21,11-21)33-8-18(31-12-33)14-4-16(5-14)36-23(25,26)27/h8,12-17,19H,3-7,9-11H2,1-2H3,(H,32,34). The first-order valence-corrected chi connectivity index (χ1v) is 12.6. The van der Waals surface area contributed by atoms with Gasteiger partial charge < -0.3 is 14.6 Å². The van der Waals surface area contributed by atoms with Gasteiger partial charge in [0.25, 0.3) is 0 Å². The van der Waals surface area contributed by atoms with Crippen molar-refractivity contribution in [1.82, 2.24) is 14.9 Å². The molecule has 0 spiro atoms. The highest BCUT2D eigenvalue weighted by Gasteiger charge is 2.70. The minimum atomic E-state index is -4.68. The molecule has 13 heteroatoms. The summed E-state index contributed by atoms with van der Waals surface area (Å²) in [6, 6.07) is 0. The summed E-state index contributed by atoms with van der Waals surface area (Å²) < 4.78 is 90.1. The van der Waals surface area contributed by atoms with Crippen LogP contribution in [0.2, 0.25) is 0 Å². The number of amides is 1. The minimum Gasteiger partial charge on any atom is -0.365 e. The molecule has 37 heavy (non-hydrogen) atoms. The van der Waals surface area contributed by atoms with E-state index in [1.165, 1.54) is 0 Å². The highest BCUT2D eigenvalue weighted by Crippen LogP contribution is 2.65. The van der Waals surface area contributed by atoms with Crippen LogP contribution in [0.1, 0.15) is 76.8 Å². The Kier molecular flexibility index (Phi) is 6.59. The molecule has 1 amide bonds. The SMILES string of the molecule is CC(C)CC(OC1CC(OC(F)(F)F)C1)C(=O)NC12CC(n3cnc(C4CC(OC(F)(F)F)C4)c3)(C1)C2. The normalized spacial score (nSPS) is 35.7. The molecule has 5 saturated carbocycles. The summed E-state index contributed by atoms with van der Waals surface area (Å²) in [7, 11) is 0. The summed E-state index contributed by atoms with van der Waals surface area (Å²) in [6.45, 7) is 3.90. The molecule has 1 aromatic heterocycles. The Balaban J connectivity index is 1.09. The van der Waals surface area contributed by atoms with Crippen LogP contribution in [0.15, 0.2) is 12.5 Å². The van der Waals surface area contributed by atoms with Crippen molar-refractivity contribution in [3.8, 4) is 0 Å². The zero-order valence-corrected chi connectivity index (χ0v) is 20.6. The second-order valence-electron chi connectivity index (χ2n) is 11.6. The Morgan fingerprint density at radius 2 is 1.59 bits per heavy atom. The van der Waals surface area contributed by atoms with Crippen LogP contribution >= 0.6 is 0 Å². The van der Waals surface area contributed by atoms with Gasteiger partial charge in [-0.3, -0.25) is 14.3 Å². The van der Waals surface area contributed by atoms with Crippen molar-refractivity contribution in [1.29, 1.82) is 0 Å². The van der Waals surface area contributed by atoms with Crippen molar-refractivity contribution in [3.63, 3.8) is 0 Å². The van der Waals surface area contributed by atoms with E-state index >= 15 is 0 Å². The molecule has 5 aliphatic carbocycles. The molecule has 0 saturated heterocycles. The fraction of sp³-hybridized carbons (Fsp3) is 0.833. The number of carbonyl (C=O) groups is 1. The van der Waals surface area contributed by atoms with Crippen molar-refractivity contribution in [2.45, 2.75) is 119 Å². The van der Waals surface area contributed by atoms with Gasteiger partial charge in [-0.2, -0.15) is 0 Å². The van der Waals surface area contributed by atoms with Gasteiger partial charge in [-0.15, -0.1) is 26.3 Å². The predicted octanol–water partition coefficient (Wildman–Crippen LogP) is 4.91. The maximum Gasteiger partial charge on any atom is 0.522 e. The van der Waals surface area contributed by atoms with Gasteiger partial charge in [0, 0.05) is 30.5 Å². The fourth-order valence-corrected chi connectivity index (χ4v) is 6.18. The number of nitrogens with one attached hydrogen (secondary N) is 1. The number of carbonyl (C=O) groups excluding carboxylic acids is 1. The number of rotatable bonds is 10. The Hall–Kier alpha value is -1.86. The van der Waals surface area contributed by atoms with E-state index in [9.17, 15) is 31.1 Å². The molecule has 0 aliphatic heterocycles. The summed E-state index contributed by atoms with van der Waals surface area (Å²) in [6.07, 6.45) is -5.30. The summed E-state index contributed by atoms with van der Waals surface area (Å²) >= 11 is 0. The van der Waals surface area contributed by atoms with Crippen molar-refractivity contribution in [3.05, 3.63) is 18.2 Å². The maximum absolute atomic E-state index is 13.0. The molecule has 6 rings (SSSR count). The third-order valence-corrected chi connectivity index (χ3v) is 8.04. The number of nitrogens with zero attached hydrogens (tertiary/aromatic N) is 2. The van der Waals surface area contributed by atoms with Crippen LogP contribution in [0.25, 0.3) is 0 Å². The molecule has 1 aromatic rings. The molecule has 1 atom stereocenters. The van der Waals surface area contributed by atoms with Crippen LogP contribution in [0.3, 0.4) is 0 Å². The molecule has 5 aliphatic rings. The lowest BCUT2D eigenvalue weighted by atomic mass is 9.44. The largest absolute Gasteiger partial charge is 0.522 e. The number of alkyl halides is 6. The van der Waals surface area contributed by atoms with Gasteiger partial charge in [-0.1, -0.05) is 13.8 Å². The smallest absolute Gasteiger partial charge is 0.365 e. The van der Waals surface area contributed by atoms with E-state index in [0.29, 0.717) is 25.7 Å². The molecule has 0 aromatic carbocycles. The number of hydrogen-bond donors (Lipinski definition) is 1. The van der Waals surface area contributed by atoms with Gasteiger partial charge in [0.15, 0.2) is 0 Å². The van der Waals surface area contributed by atoms with Gasteiger partial charge in [0.05, 0.1) is 35.9 Å². The van der Waals surface area contributed by atoms with E-state index in [4.69, 9.17) is 4.74 Å². The number of halogens is 6. The van der Waals surface area contributed by atoms with Gasteiger partial charge in [0.1, 0.15) is 6.10 Å². The second kappa shape index (κ2) is 9.11. The van der Waals surface area contributed by atoms with E-state index in [-0.39, 0.29) is 54.5 Å². The predicted molar refractivity (Wildman–Crippen MR) is 116 cm³/mol. The Morgan fingerprint density at radius 1 is 1.03 bits per heavy atom. The average Bonchev–Trinajstić information content (AvgIpc) is 3.10. The van der Waals surface area contributed by atoms with Crippen LogP contribution < -0.4 is 5.32 Å². The lowest BCUT2D eigenvalue weighted by molar-refractivity contribution is -0.358. The monoisotopic (exact) mass is 539 g/mol. The topological polar surface area (TPSA) is 74.6 Å². The lowest BCUT2D eigenvalue weighted by Crippen LogP contribution is -2.79. The summed E-state index contributed by atoms with van der Waals surface area (Å²) in [5.41, 5.74) is 0.252. The van der Waals surface area contributed by atoms with Crippen LogP contribution in [0, 0.1) is 5.92 Å². The summed E-state index contributed by atoms with van der Waals surface area (Å²) in [5, 5.41) is 3.11. The van der Waals surface area contributed by atoms with E-state index in [0.717, 1.165) is 5.69 Å². The molecule has 1 N–H and O–H groups in total. The van der Waals surface area contributed by atoms with Crippen LogP contribution in [-0.2, 0) is 24.5 Å². The molecular weight excluding hydrogens is 508 g/mol. The molecule has 1 unspecified atom stereocenters. The molecule has 7 nitrogen and oxygen atoms in total. The third kappa shape index (κ3) is 5.78. The molecular formula is C24H31F6N3O4. The van der Waals surface area contributed by atoms with Gasteiger partial charge in [-0.25, -0.2) is 4.98 Å². The number of imidazole rings is 1. The van der Waals surface area contributed by atoms with Crippen molar-refractivity contribution in [2.24, 2.45) is 5.92 Å². The fourth-order valence-electron chi connectivity index (χ4n) is 6.18. The molecule has 1 heterocycles. The van der Waals surface area contributed by atoms with E-state index in [1.54, 1.807) is 6.33 Å². The third-order valence-electron chi connectivity index (χ3n) is 8.04. The molecule has 0 radical (unpaired) electrons. The van der Waals surface area contributed by atoms with Crippen LogP contribution in [-0.4, -0.2) is 58.1 Å². The Labute approximate surface area is 210 Å². The molecule has 208 valence electrons. The van der Waals surface area contributed by atoms with Crippen molar-refractivity contribution in [2.75, 3.05) is 0 Å². The van der Waals surface area contributed by atoms with E-state index < -0.39 is 37.1 Å². The number of ether oxygens (including phenoxy) is 3. The van der Waals surface area contributed by atoms with Gasteiger partial charge in [0.2, 0.25) is 5.91 Å². The van der Waals surface area contributed by atoms with Gasteiger partial charge >= 0.3 is 12.7 Å². The Bertz CT molecular complexity index is 978. The van der Waals surface area contributed by atoms with E-state index in [2.05, 4.69) is 19.8 Å². The first-order chi connectivity index (χ1) is 17.1. The lowest BCUT2D eigenvalue weighted by Gasteiger charge is -2.70. The quantitative estimate of drug-likeness (QED) is 0.428. The average molecular weight is 540 g/mol. The number of aromatic nitrogens is 2. The Morgan fingerprint density at radius 3 is 2.14 bits per heavy atom. The number of hydrogen-bond acceptors (Lipinski definition) is 5.